The smallest absolute Gasteiger partial charge is 0.422 e. The Hall–Kier alpha value is -2.15. The summed E-state index contributed by atoms with van der Waals surface area (Å²) in [6, 6.07) is 6.50. The van der Waals surface area contributed by atoms with Crippen molar-refractivity contribution >= 4 is 11.8 Å². The number of hydrogen-bond acceptors (Lipinski definition) is 5. The number of ether oxygens (including phenoxy) is 1. The first kappa shape index (κ1) is 15.9. The number of hydrogen-bond donors (Lipinski definition) is 2. The third-order valence-electron chi connectivity index (χ3n) is 2.30. The molecule has 0 saturated heterocycles. The highest BCUT2D eigenvalue weighted by molar-refractivity contribution is 5.66. The van der Waals surface area contributed by atoms with Gasteiger partial charge in [0.15, 0.2) is 0 Å². The molecule has 0 spiro atoms. The van der Waals surface area contributed by atoms with E-state index in [1.807, 2.05) is 0 Å². The van der Waals surface area contributed by atoms with Crippen LogP contribution in [0.15, 0.2) is 24.3 Å². The first-order chi connectivity index (χ1) is 9.29. The Morgan fingerprint density at radius 2 is 2.00 bits per heavy atom. The van der Waals surface area contributed by atoms with Gasteiger partial charge in [0.25, 0.3) is 5.69 Å². The highest BCUT2D eigenvalue weighted by Gasteiger charge is 2.16. The molecule has 1 aromatic rings. The first-order valence-corrected chi connectivity index (χ1v) is 6.24. The predicted molar refractivity (Wildman–Crippen MR) is 74.2 cm³/mol. The molecule has 2 N–H and O–H groups in total. The maximum Gasteiger partial charge on any atom is 0.422 e. The molecular weight excluding hydrogens is 262 g/mol. The van der Waals surface area contributed by atoms with Crippen LogP contribution in [0.1, 0.15) is 26.3 Å². The van der Waals surface area contributed by atoms with Crippen LogP contribution < -0.4 is 10.9 Å². The second-order valence-electron chi connectivity index (χ2n) is 5.19. The van der Waals surface area contributed by atoms with Gasteiger partial charge in [-0.3, -0.25) is 15.5 Å². The molecule has 0 radical (unpaired) electrons. The second-order valence-corrected chi connectivity index (χ2v) is 5.19. The molecule has 0 fully saturated rings. The third-order valence-corrected chi connectivity index (χ3v) is 2.30. The van der Waals surface area contributed by atoms with Gasteiger partial charge in [-0.1, -0.05) is 18.2 Å². The van der Waals surface area contributed by atoms with Gasteiger partial charge >= 0.3 is 6.09 Å². The Kier molecular flexibility index (Phi) is 5.45. The summed E-state index contributed by atoms with van der Waals surface area (Å²) in [5, 5.41) is 10.8. The van der Waals surface area contributed by atoms with Crippen molar-refractivity contribution in [1.82, 2.24) is 10.9 Å². The Morgan fingerprint density at radius 3 is 2.60 bits per heavy atom. The van der Waals surface area contributed by atoms with Gasteiger partial charge in [-0.05, 0) is 27.2 Å². The molecule has 0 saturated carbocycles. The van der Waals surface area contributed by atoms with Gasteiger partial charge < -0.3 is 4.74 Å². The summed E-state index contributed by atoms with van der Waals surface area (Å²) in [5.74, 6) is 0. The van der Waals surface area contributed by atoms with E-state index in [2.05, 4.69) is 10.9 Å². The van der Waals surface area contributed by atoms with Crippen molar-refractivity contribution in [1.29, 1.82) is 0 Å². The molecule has 0 aliphatic heterocycles. The summed E-state index contributed by atoms with van der Waals surface area (Å²) in [7, 11) is 0. The SMILES string of the molecule is CC(C)(C)OC(=O)NNCCc1ccccc1[N+](=O)[O-]. The first-order valence-electron chi connectivity index (χ1n) is 6.24. The fourth-order valence-corrected chi connectivity index (χ4v) is 1.54. The average molecular weight is 281 g/mol. The number of nitrogens with zero attached hydrogens (tertiary/aromatic N) is 1. The Bertz CT molecular complexity index is 483. The number of nitro groups is 1. The molecule has 1 amide bonds. The maximum absolute atomic E-state index is 11.3. The van der Waals surface area contributed by atoms with Crippen LogP contribution in [0.25, 0.3) is 0 Å². The molecule has 0 unspecified atom stereocenters. The lowest BCUT2D eigenvalue weighted by Gasteiger charge is -2.19. The number of amides is 1. The maximum atomic E-state index is 11.3. The van der Waals surface area contributed by atoms with E-state index in [0.717, 1.165) is 0 Å². The third kappa shape index (κ3) is 5.66. The van der Waals surface area contributed by atoms with Crippen LogP contribution in [-0.4, -0.2) is 23.2 Å². The summed E-state index contributed by atoms with van der Waals surface area (Å²) >= 11 is 0. The summed E-state index contributed by atoms with van der Waals surface area (Å²) in [5.41, 5.74) is 5.17. The predicted octanol–water partition coefficient (Wildman–Crippen LogP) is 2.17. The number of para-hydroxylation sites is 1. The molecule has 7 nitrogen and oxygen atoms in total. The number of carbonyl (C=O) groups excluding carboxylic acids is 1. The zero-order chi connectivity index (χ0) is 15.2. The monoisotopic (exact) mass is 281 g/mol. The van der Waals surface area contributed by atoms with Gasteiger partial charge in [0.1, 0.15) is 5.60 Å². The quantitative estimate of drug-likeness (QED) is 0.490. The van der Waals surface area contributed by atoms with E-state index in [-0.39, 0.29) is 5.69 Å². The van der Waals surface area contributed by atoms with Crippen LogP contribution in [0.5, 0.6) is 0 Å². The lowest BCUT2D eigenvalue weighted by molar-refractivity contribution is -0.385. The lowest BCUT2D eigenvalue weighted by atomic mass is 10.1. The number of rotatable bonds is 5. The van der Waals surface area contributed by atoms with Crippen molar-refractivity contribution in [2.75, 3.05) is 6.54 Å². The number of nitro benzene ring substituents is 1. The summed E-state index contributed by atoms with van der Waals surface area (Å²) in [6.07, 6.45) is -0.160. The van der Waals surface area contributed by atoms with Crippen LogP contribution in [0, 0.1) is 10.1 Å². The van der Waals surface area contributed by atoms with Gasteiger partial charge in [-0.2, -0.15) is 0 Å². The fourth-order valence-electron chi connectivity index (χ4n) is 1.54. The number of carbonyl (C=O) groups is 1. The van der Waals surface area contributed by atoms with Crippen LogP contribution in [0.4, 0.5) is 10.5 Å². The largest absolute Gasteiger partial charge is 0.443 e. The Morgan fingerprint density at radius 1 is 1.35 bits per heavy atom. The van der Waals surface area contributed by atoms with Crippen molar-refractivity contribution in [3.8, 4) is 0 Å². The van der Waals surface area contributed by atoms with Crippen molar-refractivity contribution in [2.24, 2.45) is 0 Å². The van der Waals surface area contributed by atoms with Crippen molar-refractivity contribution in [3.63, 3.8) is 0 Å². The van der Waals surface area contributed by atoms with E-state index >= 15 is 0 Å². The zero-order valence-electron chi connectivity index (χ0n) is 11.8. The standard InChI is InChI=1S/C13H19N3O4/c1-13(2,3)20-12(17)15-14-9-8-10-6-4-5-7-11(10)16(18)19/h4-7,14H,8-9H2,1-3H3,(H,15,17). The molecular formula is C13H19N3O4. The van der Waals surface area contributed by atoms with Crippen LogP contribution in [0.3, 0.4) is 0 Å². The molecule has 1 aromatic carbocycles. The highest BCUT2D eigenvalue weighted by atomic mass is 16.6. The van der Waals surface area contributed by atoms with E-state index in [9.17, 15) is 14.9 Å². The van der Waals surface area contributed by atoms with Gasteiger partial charge in [0.05, 0.1) is 4.92 Å². The van der Waals surface area contributed by atoms with Crippen molar-refractivity contribution in [2.45, 2.75) is 32.8 Å². The Labute approximate surface area is 117 Å². The van der Waals surface area contributed by atoms with Crippen LogP contribution in [0.2, 0.25) is 0 Å². The summed E-state index contributed by atoms with van der Waals surface area (Å²) in [4.78, 5) is 21.7. The van der Waals surface area contributed by atoms with E-state index in [1.54, 1.807) is 39.0 Å². The van der Waals surface area contributed by atoms with E-state index in [1.165, 1.54) is 6.07 Å². The molecule has 20 heavy (non-hydrogen) atoms. The molecule has 7 heteroatoms. The normalized spacial score (nSPS) is 10.9. The van der Waals surface area contributed by atoms with Crippen molar-refractivity contribution in [3.05, 3.63) is 39.9 Å². The average Bonchev–Trinajstić information content (AvgIpc) is 2.33. The molecule has 0 aliphatic carbocycles. The van der Waals surface area contributed by atoms with E-state index < -0.39 is 16.6 Å². The molecule has 0 aliphatic rings. The molecule has 110 valence electrons. The zero-order valence-corrected chi connectivity index (χ0v) is 11.8. The number of hydrazine groups is 1. The minimum atomic E-state index is -0.583. The summed E-state index contributed by atoms with van der Waals surface area (Å²) in [6.45, 7) is 5.66. The fraction of sp³-hybridized carbons (Fsp3) is 0.462. The molecule has 0 aromatic heterocycles. The molecule has 0 heterocycles. The van der Waals surface area contributed by atoms with Crippen LogP contribution >= 0.6 is 0 Å². The molecule has 0 atom stereocenters. The Balaban J connectivity index is 2.39. The van der Waals surface area contributed by atoms with Gasteiger partial charge in [0.2, 0.25) is 0 Å². The lowest BCUT2D eigenvalue weighted by Crippen LogP contribution is -2.42. The topological polar surface area (TPSA) is 93.5 Å². The van der Waals surface area contributed by atoms with Crippen LogP contribution in [-0.2, 0) is 11.2 Å². The minimum Gasteiger partial charge on any atom is -0.443 e. The van der Waals surface area contributed by atoms with E-state index in [4.69, 9.17) is 4.74 Å². The molecule has 1 rings (SSSR count). The highest BCUT2D eigenvalue weighted by Crippen LogP contribution is 2.17. The van der Waals surface area contributed by atoms with Gasteiger partial charge in [-0.15, -0.1) is 0 Å². The van der Waals surface area contributed by atoms with Crippen molar-refractivity contribution < 1.29 is 14.5 Å². The second kappa shape index (κ2) is 6.85. The number of benzene rings is 1. The van der Waals surface area contributed by atoms with E-state index in [0.29, 0.717) is 18.5 Å². The van der Waals surface area contributed by atoms with Gasteiger partial charge in [-0.25, -0.2) is 10.2 Å². The van der Waals surface area contributed by atoms with Gasteiger partial charge in [0, 0.05) is 18.2 Å². The summed E-state index contributed by atoms with van der Waals surface area (Å²) < 4.78 is 5.03. The number of nitrogens with one attached hydrogen (secondary N) is 2. The minimum absolute atomic E-state index is 0.0755. The molecule has 0 bridgehead atoms.